The average molecular weight is 218 g/mol. The summed E-state index contributed by atoms with van der Waals surface area (Å²) in [5.74, 6) is 0. The molecule has 0 saturated heterocycles. The molecule has 1 aromatic heterocycles. The van der Waals surface area contributed by atoms with E-state index < -0.39 is 13.7 Å². The highest BCUT2D eigenvalue weighted by molar-refractivity contribution is 5.63. The van der Waals surface area contributed by atoms with Crippen LogP contribution in [0.1, 0.15) is 24.9 Å². The van der Waals surface area contributed by atoms with E-state index in [1.165, 1.54) is 6.07 Å². The molecule has 2 rings (SSSR count). The molecule has 1 heterocycles. The van der Waals surface area contributed by atoms with Gasteiger partial charge in [-0.25, -0.2) is 4.57 Å². The van der Waals surface area contributed by atoms with Gasteiger partial charge in [0, 0.05) is 25.9 Å². The van der Waals surface area contributed by atoms with Crippen LogP contribution in [0.3, 0.4) is 0 Å². The molecule has 0 saturated carbocycles. The lowest BCUT2D eigenvalue weighted by atomic mass is 9.97. The minimum absolute atomic E-state index is 0.0445. The van der Waals surface area contributed by atoms with Crippen molar-refractivity contribution in [3.8, 4) is 11.3 Å². The van der Waals surface area contributed by atoms with E-state index in [1.807, 2.05) is 36.0 Å². The summed E-state index contributed by atoms with van der Waals surface area (Å²) >= 11 is 0. The number of hydrogen-bond donors (Lipinski definition) is 0. The summed E-state index contributed by atoms with van der Waals surface area (Å²) in [6.07, 6.45) is 1.84. The van der Waals surface area contributed by atoms with Crippen LogP contribution in [0.15, 0.2) is 36.5 Å². The predicted octanol–water partition coefficient (Wildman–Crippen LogP) is 3.10. The molecule has 16 heavy (non-hydrogen) atoms. The summed E-state index contributed by atoms with van der Waals surface area (Å²) in [5.41, 5.74) is 2.11. The maximum absolute atomic E-state index is 7.67. The van der Waals surface area contributed by atoms with E-state index in [1.54, 1.807) is 13.0 Å². The Morgan fingerprint density at radius 2 is 2.06 bits per heavy atom. The fourth-order valence-corrected chi connectivity index (χ4v) is 1.78. The third-order valence-electron chi connectivity index (χ3n) is 2.74. The van der Waals surface area contributed by atoms with Gasteiger partial charge in [0.1, 0.15) is 7.05 Å². The summed E-state index contributed by atoms with van der Waals surface area (Å²) in [5, 5.41) is 0. The zero-order valence-corrected chi connectivity index (χ0v) is 9.41. The molecular weight excluding hydrogens is 194 g/mol. The smallest absolute Gasteiger partial charge is 0.201 e. The maximum atomic E-state index is 7.67. The highest BCUT2D eigenvalue weighted by Gasteiger charge is 2.12. The number of aryl methyl sites for hydroxylation is 3. The number of benzene rings is 1. The molecule has 0 unspecified atom stereocenters. The average Bonchev–Trinajstić information content (AvgIpc) is 2.37. The van der Waals surface area contributed by atoms with E-state index in [2.05, 4.69) is 0 Å². The lowest BCUT2D eigenvalue weighted by Gasteiger charge is -2.08. The van der Waals surface area contributed by atoms with Gasteiger partial charge in [-0.15, -0.1) is 0 Å². The van der Waals surface area contributed by atoms with Crippen LogP contribution in [0.2, 0.25) is 0 Å². The predicted molar refractivity (Wildman–Crippen MR) is 67.3 cm³/mol. The zero-order valence-electron chi connectivity index (χ0n) is 15.4. The second-order valence-electron chi connectivity index (χ2n) is 3.89. The topological polar surface area (TPSA) is 3.88 Å². The van der Waals surface area contributed by atoms with Crippen LogP contribution in [0.5, 0.6) is 0 Å². The number of nitrogens with zero attached hydrogens (tertiary/aromatic N) is 1. The van der Waals surface area contributed by atoms with E-state index in [0.717, 1.165) is 5.69 Å². The molecule has 0 amide bonds. The molecule has 1 nitrogen and oxygen atoms in total. The summed E-state index contributed by atoms with van der Waals surface area (Å²) in [7, 11) is 1.84. The zero-order chi connectivity index (χ0) is 16.7. The SMILES string of the molecule is [2H]C([2H])([2H])c1cc(-c2cccc[n+]2C)c(C)c(C([2H])([2H])[2H])c1. The normalized spacial score (nSPS) is 17.6. The number of rotatable bonds is 1. The second-order valence-corrected chi connectivity index (χ2v) is 3.89. The van der Waals surface area contributed by atoms with E-state index in [9.17, 15) is 0 Å². The largest absolute Gasteiger partial charge is 0.212 e. The third-order valence-corrected chi connectivity index (χ3v) is 2.74. The fraction of sp³-hybridized carbons (Fsp3) is 0.267. The minimum atomic E-state index is -2.35. The first kappa shape index (κ1) is 5.62. The highest BCUT2D eigenvalue weighted by atomic mass is 14.9. The van der Waals surface area contributed by atoms with Crippen molar-refractivity contribution >= 4 is 0 Å². The van der Waals surface area contributed by atoms with Crippen LogP contribution in [0, 0.1) is 20.6 Å². The molecule has 0 radical (unpaired) electrons. The molecular formula is C15H18N+. The molecule has 0 aliphatic rings. The summed E-state index contributed by atoms with van der Waals surface area (Å²) < 4.78 is 47.7. The summed E-state index contributed by atoms with van der Waals surface area (Å²) in [6.45, 7) is -2.99. The van der Waals surface area contributed by atoms with Gasteiger partial charge in [0.15, 0.2) is 6.20 Å². The van der Waals surface area contributed by atoms with E-state index in [4.69, 9.17) is 8.22 Å². The van der Waals surface area contributed by atoms with Crippen molar-refractivity contribution in [2.24, 2.45) is 7.05 Å². The Morgan fingerprint density at radius 3 is 2.75 bits per heavy atom. The molecule has 0 fully saturated rings. The van der Waals surface area contributed by atoms with Gasteiger partial charge < -0.3 is 0 Å². The van der Waals surface area contributed by atoms with Crippen molar-refractivity contribution in [3.63, 3.8) is 0 Å². The Bertz CT molecular complexity index is 700. The summed E-state index contributed by atoms with van der Waals surface area (Å²) in [6, 6.07) is 8.38. The fourth-order valence-electron chi connectivity index (χ4n) is 1.78. The molecule has 1 aromatic carbocycles. The molecule has 0 aliphatic heterocycles. The molecule has 0 aliphatic carbocycles. The van der Waals surface area contributed by atoms with Crippen LogP contribution in [0.25, 0.3) is 11.3 Å². The van der Waals surface area contributed by atoms with Crippen molar-refractivity contribution in [3.05, 3.63) is 53.2 Å². The van der Waals surface area contributed by atoms with Crippen LogP contribution in [-0.2, 0) is 7.05 Å². The minimum Gasteiger partial charge on any atom is -0.201 e. The van der Waals surface area contributed by atoms with E-state index >= 15 is 0 Å². The quantitative estimate of drug-likeness (QED) is 0.648. The van der Waals surface area contributed by atoms with Gasteiger partial charge in [-0.3, -0.25) is 0 Å². The van der Waals surface area contributed by atoms with Crippen molar-refractivity contribution in [2.75, 3.05) is 0 Å². The van der Waals surface area contributed by atoms with Gasteiger partial charge in [-0.2, -0.15) is 0 Å². The molecule has 0 atom stereocenters. The Hall–Kier alpha value is -1.63. The van der Waals surface area contributed by atoms with Gasteiger partial charge in [0.25, 0.3) is 0 Å². The van der Waals surface area contributed by atoms with Crippen LogP contribution >= 0.6 is 0 Å². The lowest BCUT2D eigenvalue weighted by molar-refractivity contribution is -0.660. The van der Waals surface area contributed by atoms with Gasteiger partial charge in [-0.1, -0.05) is 11.6 Å². The first-order valence-electron chi connectivity index (χ1n) is 8.12. The Balaban J connectivity index is 2.82. The van der Waals surface area contributed by atoms with Crippen molar-refractivity contribution < 1.29 is 12.8 Å². The van der Waals surface area contributed by atoms with Crippen molar-refractivity contribution in [1.82, 2.24) is 0 Å². The molecule has 82 valence electrons. The molecule has 1 heteroatoms. The molecule has 2 aromatic rings. The van der Waals surface area contributed by atoms with Gasteiger partial charge >= 0.3 is 0 Å². The van der Waals surface area contributed by atoms with Crippen LogP contribution in [-0.4, -0.2) is 0 Å². The first-order valence-corrected chi connectivity index (χ1v) is 5.12. The molecule has 0 spiro atoms. The van der Waals surface area contributed by atoms with Gasteiger partial charge in [-0.05, 0) is 43.9 Å². The lowest BCUT2D eigenvalue weighted by Crippen LogP contribution is -2.30. The Labute approximate surface area is 106 Å². The van der Waals surface area contributed by atoms with E-state index in [0.29, 0.717) is 11.1 Å². The van der Waals surface area contributed by atoms with Gasteiger partial charge in [0.05, 0.1) is 0 Å². The maximum Gasteiger partial charge on any atom is 0.212 e. The third kappa shape index (κ3) is 1.85. The number of hydrogen-bond acceptors (Lipinski definition) is 0. The Morgan fingerprint density at radius 1 is 1.19 bits per heavy atom. The standard InChI is InChI=1S/C15H18N/c1-11-9-12(2)13(3)14(10-11)15-7-5-6-8-16(15)4/h5-10H,1-4H3/q+1/i1D3,2D3. The van der Waals surface area contributed by atoms with Crippen molar-refractivity contribution in [2.45, 2.75) is 20.6 Å². The number of pyridine rings is 1. The Kier molecular flexibility index (Phi) is 1.44. The number of aromatic nitrogens is 1. The summed E-state index contributed by atoms with van der Waals surface area (Å²) in [4.78, 5) is 0. The highest BCUT2D eigenvalue weighted by Crippen LogP contribution is 2.24. The van der Waals surface area contributed by atoms with E-state index in [-0.39, 0.29) is 11.1 Å². The van der Waals surface area contributed by atoms with Gasteiger partial charge in [0.2, 0.25) is 5.69 Å². The molecule has 0 N–H and O–H groups in total. The molecule has 0 bridgehead atoms. The van der Waals surface area contributed by atoms with Crippen molar-refractivity contribution in [1.29, 1.82) is 0 Å². The van der Waals surface area contributed by atoms with Crippen LogP contribution < -0.4 is 4.57 Å². The first-order chi connectivity index (χ1) is 10.0. The van der Waals surface area contributed by atoms with Crippen LogP contribution in [0.4, 0.5) is 0 Å². The monoisotopic (exact) mass is 218 g/mol. The second kappa shape index (κ2) is 4.09.